The number of amides is 1. The van der Waals surface area contributed by atoms with Gasteiger partial charge in [0.15, 0.2) is 5.13 Å². The minimum atomic E-state index is -2.26. The van der Waals surface area contributed by atoms with Crippen molar-refractivity contribution in [2.45, 2.75) is 97.2 Å². The molecule has 43 heavy (non-hydrogen) atoms. The van der Waals surface area contributed by atoms with Crippen LogP contribution in [0.4, 0.5) is 14.3 Å². The Hall–Kier alpha value is -2.79. The van der Waals surface area contributed by atoms with Crippen LogP contribution < -0.4 is 10.1 Å². The smallest absolute Gasteiger partial charge is 0.416 e. The Labute approximate surface area is 263 Å². The highest BCUT2D eigenvalue weighted by molar-refractivity contribution is 7.15. The number of pyridine rings is 1. The quantitative estimate of drug-likeness (QED) is 0.178. The molecule has 1 amide bonds. The molecule has 11 heteroatoms. The van der Waals surface area contributed by atoms with Gasteiger partial charge in [0, 0.05) is 29.5 Å². The van der Waals surface area contributed by atoms with Crippen molar-refractivity contribution >= 4 is 58.5 Å². The van der Waals surface area contributed by atoms with Crippen molar-refractivity contribution in [2.75, 3.05) is 4.90 Å². The second-order valence-corrected chi connectivity index (χ2v) is 20.3. The van der Waals surface area contributed by atoms with Gasteiger partial charge in [0.1, 0.15) is 23.2 Å². The summed E-state index contributed by atoms with van der Waals surface area (Å²) in [6, 6.07) is 5.94. The van der Waals surface area contributed by atoms with Crippen molar-refractivity contribution in [1.82, 2.24) is 15.0 Å². The maximum absolute atomic E-state index is 13.6. The van der Waals surface area contributed by atoms with Gasteiger partial charge in [0.2, 0.25) is 0 Å². The van der Waals surface area contributed by atoms with Gasteiger partial charge in [0.05, 0.1) is 24.5 Å². The Morgan fingerprint density at radius 3 is 2.23 bits per heavy atom. The number of hydrogen-bond acceptors (Lipinski definition) is 6. The molecule has 0 aliphatic carbocycles. The Morgan fingerprint density at radius 2 is 1.67 bits per heavy atom. The van der Waals surface area contributed by atoms with Crippen LogP contribution in [0.15, 0.2) is 42.9 Å². The predicted octanol–water partition coefficient (Wildman–Crippen LogP) is 8.72. The van der Waals surface area contributed by atoms with Gasteiger partial charge in [-0.3, -0.25) is 0 Å². The average molecular weight is 645 g/mol. The molecular formula is C32H42ClFN4O3SSi. The second kappa shape index (κ2) is 12.7. The molecule has 0 bridgehead atoms. The number of thiazole rings is 1. The number of fused-ring (bicyclic) bond motifs is 1. The first-order valence-corrected chi connectivity index (χ1v) is 18.0. The summed E-state index contributed by atoms with van der Waals surface area (Å²) in [6.45, 7) is 19.2. The number of H-pyrrole nitrogens is 1. The van der Waals surface area contributed by atoms with Crippen LogP contribution in [0.5, 0.6) is 0 Å². The number of hydrogen-bond donors (Lipinski definition) is 2. The van der Waals surface area contributed by atoms with E-state index < -0.39 is 25.9 Å². The van der Waals surface area contributed by atoms with Gasteiger partial charge in [-0.05, 0) is 60.3 Å². The lowest BCUT2D eigenvalue weighted by Gasteiger charge is -2.44. The standard InChI is InChI=1S/C32H42ClFN4O3SSi/c1-18(2)43(19(3)4,20(5)6)28-24(33)15-36-29-26(28)23(14-35-29)27(39)25-16-37-30(42-25)38(31(40)41-32(7,8)9)17-21-10-12-22(34)13-11-21/h10-16,18-20,27,39H,17H2,1-9H3,(H,35,36). The topological polar surface area (TPSA) is 91.3 Å². The van der Waals surface area contributed by atoms with Crippen LogP contribution in [-0.4, -0.2) is 39.8 Å². The Bertz CT molecular complexity index is 1560. The summed E-state index contributed by atoms with van der Waals surface area (Å²) in [6.07, 6.45) is 3.48. The molecule has 0 saturated heterocycles. The van der Waals surface area contributed by atoms with E-state index >= 15 is 0 Å². The first kappa shape index (κ1) is 33.1. The summed E-state index contributed by atoms with van der Waals surface area (Å²) < 4.78 is 19.2. The Morgan fingerprint density at radius 1 is 1.07 bits per heavy atom. The van der Waals surface area contributed by atoms with E-state index in [-0.39, 0.29) is 12.4 Å². The first-order valence-electron chi connectivity index (χ1n) is 14.6. The maximum Gasteiger partial charge on any atom is 0.416 e. The second-order valence-electron chi connectivity index (χ2n) is 13.0. The van der Waals surface area contributed by atoms with Crippen molar-refractivity contribution in [1.29, 1.82) is 0 Å². The monoisotopic (exact) mass is 644 g/mol. The van der Waals surface area contributed by atoms with E-state index in [1.165, 1.54) is 28.4 Å². The fourth-order valence-electron chi connectivity index (χ4n) is 6.58. The van der Waals surface area contributed by atoms with Crippen molar-refractivity contribution in [3.05, 3.63) is 69.7 Å². The molecule has 4 rings (SSSR count). The van der Waals surface area contributed by atoms with E-state index in [2.05, 4.69) is 56.5 Å². The third kappa shape index (κ3) is 6.52. The summed E-state index contributed by atoms with van der Waals surface area (Å²) in [5.74, 6) is -0.362. The van der Waals surface area contributed by atoms with E-state index in [1.807, 2.05) is 0 Å². The molecule has 232 valence electrons. The lowest BCUT2D eigenvalue weighted by atomic mass is 10.1. The zero-order valence-electron chi connectivity index (χ0n) is 26.3. The SMILES string of the molecule is CC(C)[Si](c1c(Cl)cnc2[nH]cc(C(O)c3cnc(N(Cc4ccc(F)cc4)C(=O)OC(C)(C)C)s3)c12)(C(C)C)C(C)C. The molecule has 2 N–H and O–H groups in total. The number of halogens is 2. The van der Waals surface area contributed by atoms with Crippen LogP contribution in [0, 0.1) is 5.82 Å². The molecule has 4 aromatic rings. The number of rotatable bonds is 9. The minimum absolute atomic E-state index is 0.125. The Balaban J connectivity index is 1.81. The molecule has 0 spiro atoms. The summed E-state index contributed by atoms with van der Waals surface area (Å²) in [4.78, 5) is 27.7. The maximum atomic E-state index is 13.6. The van der Waals surface area contributed by atoms with Gasteiger partial charge in [-0.2, -0.15) is 0 Å². The number of aliphatic hydroxyl groups excluding tert-OH is 1. The summed E-state index contributed by atoms with van der Waals surface area (Å²) in [7, 11) is -2.26. The normalized spacial score (nSPS) is 13.4. The van der Waals surface area contributed by atoms with Gasteiger partial charge in [0.25, 0.3) is 0 Å². The van der Waals surface area contributed by atoms with E-state index in [0.29, 0.717) is 48.4 Å². The van der Waals surface area contributed by atoms with Gasteiger partial charge in [-0.15, -0.1) is 0 Å². The number of nitrogens with one attached hydrogen (secondary N) is 1. The number of ether oxygens (including phenoxy) is 1. The molecule has 0 aliphatic rings. The summed E-state index contributed by atoms with van der Waals surface area (Å²) in [5.41, 5.74) is 2.51. The Kier molecular flexibility index (Phi) is 9.76. The van der Waals surface area contributed by atoms with Crippen LogP contribution in [0.25, 0.3) is 11.0 Å². The summed E-state index contributed by atoms with van der Waals surface area (Å²) in [5, 5.41) is 14.8. The number of aromatic nitrogens is 3. The average Bonchev–Trinajstić information content (AvgIpc) is 3.56. The van der Waals surface area contributed by atoms with Crippen molar-refractivity contribution in [2.24, 2.45) is 0 Å². The highest BCUT2D eigenvalue weighted by atomic mass is 35.5. The van der Waals surface area contributed by atoms with E-state index in [4.69, 9.17) is 16.3 Å². The van der Waals surface area contributed by atoms with Crippen LogP contribution in [0.2, 0.25) is 21.6 Å². The zero-order chi connectivity index (χ0) is 31.9. The number of carbonyl (C=O) groups is 1. The van der Waals surface area contributed by atoms with Crippen LogP contribution >= 0.6 is 22.9 Å². The molecule has 3 aromatic heterocycles. The third-order valence-corrected chi connectivity index (χ3v) is 16.8. The van der Waals surface area contributed by atoms with E-state index in [9.17, 15) is 14.3 Å². The number of carbonyl (C=O) groups excluding carboxylic acids is 1. The predicted molar refractivity (Wildman–Crippen MR) is 177 cm³/mol. The van der Waals surface area contributed by atoms with Gasteiger partial charge in [-0.25, -0.2) is 24.1 Å². The fourth-order valence-corrected chi connectivity index (χ4v) is 15.0. The lowest BCUT2D eigenvalue weighted by Crippen LogP contribution is -2.56. The number of nitrogens with zero attached hydrogens (tertiary/aromatic N) is 3. The molecule has 0 aliphatic heterocycles. The number of aliphatic hydroxyl groups is 1. The molecular weight excluding hydrogens is 603 g/mol. The minimum Gasteiger partial charge on any atom is -0.443 e. The number of benzene rings is 1. The molecule has 1 aromatic carbocycles. The van der Waals surface area contributed by atoms with Crippen LogP contribution in [0.1, 0.15) is 84.4 Å². The number of aromatic amines is 1. The molecule has 1 atom stereocenters. The van der Waals surface area contributed by atoms with Crippen LogP contribution in [-0.2, 0) is 11.3 Å². The molecule has 0 fully saturated rings. The van der Waals surface area contributed by atoms with Crippen molar-refractivity contribution in [3.63, 3.8) is 0 Å². The number of anilines is 1. The molecule has 0 saturated carbocycles. The van der Waals surface area contributed by atoms with Crippen molar-refractivity contribution < 1.29 is 19.0 Å². The molecule has 0 radical (unpaired) electrons. The van der Waals surface area contributed by atoms with Crippen LogP contribution in [0.3, 0.4) is 0 Å². The first-order chi connectivity index (χ1) is 20.1. The van der Waals surface area contributed by atoms with Gasteiger partial charge < -0.3 is 14.8 Å². The summed E-state index contributed by atoms with van der Waals surface area (Å²) >= 11 is 8.21. The zero-order valence-corrected chi connectivity index (χ0v) is 28.9. The molecule has 1 unspecified atom stereocenters. The van der Waals surface area contributed by atoms with Crippen molar-refractivity contribution in [3.8, 4) is 0 Å². The van der Waals surface area contributed by atoms with E-state index in [1.54, 1.807) is 51.5 Å². The highest BCUT2D eigenvalue weighted by Crippen LogP contribution is 2.45. The molecule has 3 heterocycles. The highest BCUT2D eigenvalue weighted by Gasteiger charge is 2.47. The largest absolute Gasteiger partial charge is 0.443 e. The fraction of sp³-hybridized carbons (Fsp3) is 0.469. The third-order valence-electron chi connectivity index (χ3n) is 8.16. The van der Waals surface area contributed by atoms with E-state index in [0.717, 1.165) is 10.6 Å². The lowest BCUT2D eigenvalue weighted by molar-refractivity contribution is 0.0577. The molecule has 7 nitrogen and oxygen atoms in total. The van der Waals surface area contributed by atoms with Gasteiger partial charge >= 0.3 is 6.09 Å². The van der Waals surface area contributed by atoms with Gasteiger partial charge in [-0.1, -0.05) is 76.6 Å².